The second-order valence-electron chi connectivity index (χ2n) is 4.06. The average molecular weight is 289 g/mol. The minimum absolute atomic E-state index is 0.0690. The highest BCUT2D eigenvalue weighted by Crippen LogP contribution is 2.20. The number of carbonyl (C=O) groups excluding carboxylic acids is 1. The molecule has 0 saturated carbocycles. The number of amides is 1. The van der Waals surface area contributed by atoms with Crippen molar-refractivity contribution in [2.24, 2.45) is 7.05 Å². The number of hydrogen-bond donors (Lipinski definition) is 2. The first-order valence-electron chi connectivity index (χ1n) is 5.82. The molecule has 0 saturated heterocycles. The summed E-state index contributed by atoms with van der Waals surface area (Å²) in [5.74, 6) is -0.446. The van der Waals surface area contributed by atoms with E-state index < -0.39 is 10.0 Å². The van der Waals surface area contributed by atoms with Crippen molar-refractivity contribution >= 4 is 21.7 Å². The number of nitrogens with zero attached hydrogens (tertiary/aromatic N) is 3. The predicted molar refractivity (Wildman–Crippen MR) is 70.7 cm³/mol. The van der Waals surface area contributed by atoms with Gasteiger partial charge in [0.25, 0.3) is 10.0 Å². The van der Waals surface area contributed by atoms with E-state index in [9.17, 15) is 13.2 Å². The number of aryl methyl sites for hydroxylation is 1. The zero-order valence-electron chi connectivity index (χ0n) is 11.3. The fraction of sp³-hybridized carbons (Fsp3) is 0.600. The molecule has 0 radical (unpaired) electrons. The number of imidazole rings is 1. The van der Waals surface area contributed by atoms with Crippen molar-refractivity contribution in [1.82, 2.24) is 19.2 Å². The Labute approximate surface area is 112 Å². The van der Waals surface area contributed by atoms with Crippen molar-refractivity contribution < 1.29 is 13.2 Å². The molecule has 0 aliphatic rings. The fourth-order valence-corrected chi connectivity index (χ4v) is 3.33. The van der Waals surface area contributed by atoms with E-state index in [1.165, 1.54) is 17.9 Å². The van der Waals surface area contributed by atoms with Gasteiger partial charge in [0.2, 0.25) is 5.91 Å². The minimum atomic E-state index is -3.84. The van der Waals surface area contributed by atoms with Crippen LogP contribution in [0.15, 0.2) is 11.4 Å². The molecule has 0 aliphatic carbocycles. The van der Waals surface area contributed by atoms with Gasteiger partial charge >= 0.3 is 0 Å². The Hall–Kier alpha value is -1.61. The number of carbonyl (C=O) groups is 1. The summed E-state index contributed by atoms with van der Waals surface area (Å²) in [6.45, 7) is 1.83. The minimum Gasteiger partial charge on any atom is -0.381 e. The largest absolute Gasteiger partial charge is 0.381 e. The van der Waals surface area contributed by atoms with Gasteiger partial charge in [-0.05, 0) is 6.42 Å². The number of aromatic nitrogens is 2. The number of nitrogens with one attached hydrogen (secondary N) is 1. The van der Waals surface area contributed by atoms with Crippen molar-refractivity contribution in [3.63, 3.8) is 0 Å². The zero-order valence-corrected chi connectivity index (χ0v) is 12.1. The standard InChI is InChI=1S/C10H19N5O3S/c1-4-5-15(6-8(16)12-2)19(17,18)10-9(11)13-7-14(10)3/h7H,4-6,11H2,1-3H3,(H,12,16). The SMILES string of the molecule is CCCN(CC(=O)NC)S(=O)(=O)c1c(N)ncn1C. The molecule has 1 heterocycles. The molecule has 3 N–H and O–H groups in total. The van der Waals surface area contributed by atoms with Gasteiger partial charge in [0.15, 0.2) is 10.8 Å². The first-order valence-corrected chi connectivity index (χ1v) is 7.26. The highest BCUT2D eigenvalue weighted by molar-refractivity contribution is 7.89. The number of nitrogens with two attached hydrogens (primary N) is 1. The molecule has 19 heavy (non-hydrogen) atoms. The normalized spacial score (nSPS) is 11.8. The van der Waals surface area contributed by atoms with E-state index in [0.29, 0.717) is 6.42 Å². The van der Waals surface area contributed by atoms with Crippen LogP contribution in [0.5, 0.6) is 0 Å². The molecule has 1 aromatic rings. The summed E-state index contributed by atoms with van der Waals surface area (Å²) in [5.41, 5.74) is 5.59. The molecular weight excluding hydrogens is 270 g/mol. The number of hydrogen-bond acceptors (Lipinski definition) is 5. The van der Waals surface area contributed by atoms with E-state index >= 15 is 0 Å². The fourth-order valence-electron chi connectivity index (χ4n) is 1.65. The number of rotatable bonds is 6. The van der Waals surface area contributed by atoms with E-state index in [1.54, 1.807) is 7.05 Å². The van der Waals surface area contributed by atoms with Crippen molar-refractivity contribution in [1.29, 1.82) is 0 Å². The highest BCUT2D eigenvalue weighted by Gasteiger charge is 2.30. The first-order chi connectivity index (χ1) is 8.84. The molecule has 0 unspecified atom stereocenters. The van der Waals surface area contributed by atoms with E-state index in [-0.39, 0.29) is 29.8 Å². The summed E-state index contributed by atoms with van der Waals surface area (Å²) in [7, 11) is -0.841. The maximum Gasteiger partial charge on any atom is 0.262 e. The molecular formula is C10H19N5O3S. The van der Waals surface area contributed by atoms with Gasteiger partial charge in [-0.25, -0.2) is 13.4 Å². The molecule has 1 aromatic heterocycles. The van der Waals surface area contributed by atoms with Gasteiger partial charge < -0.3 is 15.6 Å². The molecule has 8 nitrogen and oxygen atoms in total. The smallest absolute Gasteiger partial charge is 0.262 e. The van der Waals surface area contributed by atoms with Crippen molar-refractivity contribution in [2.45, 2.75) is 18.4 Å². The lowest BCUT2D eigenvalue weighted by Gasteiger charge is -2.20. The van der Waals surface area contributed by atoms with E-state index in [2.05, 4.69) is 10.3 Å². The van der Waals surface area contributed by atoms with Crippen molar-refractivity contribution in [3.8, 4) is 0 Å². The van der Waals surface area contributed by atoms with Crippen LogP contribution in [0.4, 0.5) is 5.82 Å². The monoisotopic (exact) mass is 289 g/mol. The Morgan fingerprint density at radius 2 is 2.21 bits per heavy atom. The van der Waals surface area contributed by atoms with Crippen LogP contribution >= 0.6 is 0 Å². The average Bonchev–Trinajstić information content (AvgIpc) is 2.68. The molecule has 0 aliphatic heterocycles. The third kappa shape index (κ3) is 3.24. The Balaban J connectivity index is 3.17. The first kappa shape index (κ1) is 15.4. The van der Waals surface area contributed by atoms with Crippen molar-refractivity contribution in [3.05, 3.63) is 6.33 Å². The molecule has 0 spiro atoms. The van der Waals surface area contributed by atoms with Crippen molar-refractivity contribution in [2.75, 3.05) is 25.9 Å². The van der Waals surface area contributed by atoms with Gasteiger partial charge in [-0.1, -0.05) is 6.92 Å². The Kier molecular flexibility index (Phi) is 4.90. The van der Waals surface area contributed by atoms with Crippen LogP contribution in [0.3, 0.4) is 0 Å². The second-order valence-corrected chi connectivity index (χ2v) is 5.91. The number of anilines is 1. The topological polar surface area (TPSA) is 110 Å². The second kappa shape index (κ2) is 6.02. The highest BCUT2D eigenvalue weighted by atomic mass is 32.2. The maximum atomic E-state index is 12.5. The molecule has 108 valence electrons. The van der Waals surface area contributed by atoms with Gasteiger partial charge in [0, 0.05) is 20.6 Å². The summed E-state index contributed by atoms with van der Waals surface area (Å²) in [6.07, 6.45) is 1.92. The Morgan fingerprint density at radius 3 is 2.63 bits per heavy atom. The third-order valence-corrected chi connectivity index (χ3v) is 4.54. The summed E-state index contributed by atoms with van der Waals surface area (Å²) in [5, 5.41) is 2.31. The molecule has 0 aromatic carbocycles. The van der Waals surface area contributed by atoms with Crippen LogP contribution in [-0.4, -0.2) is 48.3 Å². The van der Waals surface area contributed by atoms with Gasteiger partial charge in [-0.2, -0.15) is 4.31 Å². The molecule has 0 fully saturated rings. The van der Waals surface area contributed by atoms with Gasteiger partial charge in [0.1, 0.15) is 0 Å². The van der Waals surface area contributed by atoms with Crippen LogP contribution in [0, 0.1) is 0 Å². The van der Waals surface area contributed by atoms with Crippen LogP contribution in [0.1, 0.15) is 13.3 Å². The predicted octanol–water partition coefficient (Wildman–Crippen LogP) is -0.851. The maximum absolute atomic E-state index is 12.5. The lowest BCUT2D eigenvalue weighted by atomic mass is 10.4. The number of nitrogen functional groups attached to an aromatic ring is 1. The number of likely N-dealkylation sites (N-methyl/N-ethyl adjacent to an activating group) is 1. The summed E-state index contributed by atoms with van der Waals surface area (Å²) in [6, 6.07) is 0. The van der Waals surface area contributed by atoms with Crippen LogP contribution < -0.4 is 11.1 Å². The lowest BCUT2D eigenvalue weighted by Crippen LogP contribution is -2.40. The zero-order chi connectivity index (χ0) is 14.6. The quantitative estimate of drug-likeness (QED) is 0.708. The summed E-state index contributed by atoms with van der Waals surface area (Å²) in [4.78, 5) is 15.2. The molecule has 1 rings (SSSR count). The van der Waals surface area contributed by atoms with Gasteiger partial charge in [0.05, 0.1) is 12.9 Å². The van der Waals surface area contributed by atoms with Gasteiger partial charge in [-0.3, -0.25) is 4.79 Å². The number of sulfonamides is 1. The van der Waals surface area contributed by atoms with Gasteiger partial charge in [-0.15, -0.1) is 0 Å². The van der Waals surface area contributed by atoms with Crippen LogP contribution in [0.2, 0.25) is 0 Å². The van der Waals surface area contributed by atoms with E-state index in [0.717, 1.165) is 4.31 Å². The van der Waals surface area contributed by atoms with E-state index in [4.69, 9.17) is 5.73 Å². The van der Waals surface area contributed by atoms with E-state index in [1.807, 2.05) is 6.92 Å². The summed E-state index contributed by atoms with van der Waals surface area (Å²) < 4.78 is 27.4. The Bertz CT molecular complexity index is 532. The molecule has 9 heteroatoms. The lowest BCUT2D eigenvalue weighted by molar-refractivity contribution is -0.120. The third-order valence-electron chi connectivity index (χ3n) is 2.57. The summed E-state index contributed by atoms with van der Waals surface area (Å²) >= 11 is 0. The van der Waals surface area contributed by atoms with Crippen LogP contribution in [0.25, 0.3) is 0 Å². The molecule has 0 atom stereocenters. The molecule has 0 bridgehead atoms. The molecule has 1 amide bonds. The van der Waals surface area contributed by atoms with Crippen LogP contribution in [-0.2, 0) is 21.9 Å². The Morgan fingerprint density at radius 1 is 1.58 bits per heavy atom.